The Morgan fingerprint density at radius 3 is 2.55 bits per heavy atom. The summed E-state index contributed by atoms with van der Waals surface area (Å²) in [7, 11) is 0. The Bertz CT molecular complexity index is 271. The lowest BCUT2D eigenvalue weighted by atomic mass is 10.3. The highest BCUT2D eigenvalue weighted by Crippen LogP contribution is 2.24. The van der Waals surface area contributed by atoms with Gasteiger partial charge in [-0.05, 0) is 24.4 Å². The molecule has 1 aromatic rings. The van der Waals surface area contributed by atoms with Gasteiger partial charge in [0, 0.05) is 5.69 Å². The third-order valence-electron chi connectivity index (χ3n) is 1.19. The van der Waals surface area contributed by atoms with E-state index in [9.17, 15) is 0 Å². The van der Waals surface area contributed by atoms with Crippen LogP contribution in [0.3, 0.4) is 0 Å². The predicted molar refractivity (Wildman–Crippen MR) is 50.3 cm³/mol. The van der Waals surface area contributed by atoms with E-state index in [0.717, 1.165) is 5.69 Å². The molecule has 3 heteroatoms. The summed E-state index contributed by atoms with van der Waals surface area (Å²) < 4.78 is 0. The fraction of sp³-hybridized carbons (Fsp3) is 0. The summed E-state index contributed by atoms with van der Waals surface area (Å²) in [4.78, 5) is 0. The average molecular weight is 188 g/mol. The Kier molecular flexibility index (Phi) is 2.80. The molecule has 0 heterocycles. The van der Waals surface area contributed by atoms with E-state index in [1.165, 1.54) is 0 Å². The molecule has 0 spiro atoms. The summed E-state index contributed by atoms with van der Waals surface area (Å²) in [5.74, 6) is 0. The topological polar surface area (TPSA) is 12.0 Å². The van der Waals surface area contributed by atoms with Gasteiger partial charge >= 0.3 is 0 Å². The lowest BCUT2D eigenvalue weighted by Crippen LogP contribution is -1.84. The standard InChI is InChI=1S/C8H7Cl2N/c1-2-11-6-3-4-7(9)8(10)5-6/h2-5,11H,1H2. The second kappa shape index (κ2) is 3.65. The van der Waals surface area contributed by atoms with Crippen molar-refractivity contribution in [2.45, 2.75) is 0 Å². The molecule has 0 saturated heterocycles. The first-order chi connectivity index (χ1) is 5.24. The highest BCUT2D eigenvalue weighted by Gasteiger charge is 1.96. The van der Waals surface area contributed by atoms with Gasteiger partial charge in [-0.2, -0.15) is 0 Å². The van der Waals surface area contributed by atoms with Crippen LogP contribution in [0.5, 0.6) is 0 Å². The first kappa shape index (κ1) is 8.44. The Morgan fingerprint density at radius 2 is 2.00 bits per heavy atom. The molecule has 0 aliphatic heterocycles. The van der Waals surface area contributed by atoms with Crippen LogP contribution < -0.4 is 5.32 Å². The number of benzene rings is 1. The quantitative estimate of drug-likeness (QED) is 0.748. The molecule has 0 aliphatic carbocycles. The third kappa shape index (κ3) is 2.14. The van der Waals surface area contributed by atoms with Crippen molar-refractivity contribution >= 4 is 28.9 Å². The van der Waals surface area contributed by atoms with Gasteiger partial charge in [0.2, 0.25) is 0 Å². The highest BCUT2D eigenvalue weighted by atomic mass is 35.5. The Labute approximate surface area is 75.6 Å². The van der Waals surface area contributed by atoms with Crippen molar-refractivity contribution in [3.8, 4) is 0 Å². The SMILES string of the molecule is C=CNc1ccc(Cl)c(Cl)c1. The van der Waals surface area contributed by atoms with Crippen LogP contribution in [-0.2, 0) is 0 Å². The van der Waals surface area contributed by atoms with Crippen molar-refractivity contribution in [2.24, 2.45) is 0 Å². The van der Waals surface area contributed by atoms with E-state index in [0.29, 0.717) is 10.0 Å². The van der Waals surface area contributed by atoms with Gasteiger partial charge in [0.25, 0.3) is 0 Å². The summed E-state index contributed by atoms with van der Waals surface area (Å²) in [5, 5.41) is 3.99. The first-order valence-electron chi connectivity index (χ1n) is 3.06. The van der Waals surface area contributed by atoms with E-state index in [4.69, 9.17) is 23.2 Å². The second-order valence-electron chi connectivity index (χ2n) is 1.98. The number of hydrogen-bond donors (Lipinski definition) is 1. The lowest BCUT2D eigenvalue weighted by Gasteiger charge is -2.00. The third-order valence-corrected chi connectivity index (χ3v) is 1.93. The van der Waals surface area contributed by atoms with E-state index < -0.39 is 0 Å². The molecule has 0 fully saturated rings. The largest absolute Gasteiger partial charge is 0.362 e. The number of rotatable bonds is 2. The van der Waals surface area contributed by atoms with Crippen LogP contribution in [0.25, 0.3) is 0 Å². The lowest BCUT2D eigenvalue weighted by molar-refractivity contribution is 1.59. The minimum Gasteiger partial charge on any atom is -0.362 e. The maximum atomic E-state index is 5.74. The summed E-state index contributed by atoms with van der Waals surface area (Å²) in [6, 6.07) is 5.30. The molecule has 0 radical (unpaired) electrons. The fourth-order valence-corrected chi connectivity index (χ4v) is 1.00. The molecule has 0 aromatic heterocycles. The zero-order valence-electron chi connectivity index (χ0n) is 5.77. The van der Waals surface area contributed by atoms with Crippen LogP contribution in [-0.4, -0.2) is 0 Å². The Hall–Kier alpha value is -0.660. The van der Waals surface area contributed by atoms with Crippen molar-refractivity contribution in [1.29, 1.82) is 0 Å². The molecule has 0 aliphatic rings. The highest BCUT2D eigenvalue weighted by molar-refractivity contribution is 6.42. The minimum absolute atomic E-state index is 0.540. The summed E-state index contributed by atoms with van der Waals surface area (Å²) in [6.07, 6.45) is 1.58. The van der Waals surface area contributed by atoms with Crippen molar-refractivity contribution in [3.63, 3.8) is 0 Å². The Morgan fingerprint density at radius 1 is 1.27 bits per heavy atom. The molecule has 58 valence electrons. The van der Waals surface area contributed by atoms with Crippen LogP contribution in [0, 0.1) is 0 Å². The van der Waals surface area contributed by atoms with Gasteiger partial charge in [-0.3, -0.25) is 0 Å². The molecule has 0 amide bonds. The maximum Gasteiger partial charge on any atom is 0.0612 e. The van der Waals surface area contributed by atoms with Crippen molar-refractivity contribution in [2.75, 3.05) is 5.32 Å². The molecular formula is C8H7Cl2N. The normalized spacial score (nSPS) is 9.27. The Balaban J connectivity index is 2.95. The van der Waals surface area contributed by atoms with Crippen molar-refractivity contribution in [1.82, 2.24) is 0 Å². The molecule has 1 nitrogen and oxygen atoms in total. The number of halogens is 2. The molecule has 11 heavy (non-hydrogen) atoms. The molecule has 0 bridgehead atoms. The van der Waals surface area contributed by atoms with Crippen LogP contribution in [0.1, 0.15) is 0 Å². The van der Waals surface area contributed by atoms with Gasteiger partial charge in [-0.25, -0.2) is 0 Å². The molecule has 0 unspecified atom stereocenters. The van der Waals surface area contributed by atoms with Crippen molar-refractivity contribution in [3.05, 3.63) is 41.0 Å². The van der Waals surface area contributed by atoms with Crippen LogP contribution in [0.15, 0.2) is 31.0 Å². The van der Waals surface area contributed by atoms with E-state index >= 15 is 0 Å². The molecule has 1 rings (SSSR count). The van der Waals surface area contributed by atoms with Gasteiger partial charge in [0.05, 0.1) is 10.0 Å². The number of hydrogen-bond acceptors (Lipinski definition) is 1. The fourth-order valence-electron chi connectivity index (χ4n) is 0.704. The van der Waals surface area contributed by atoms with Gasteiger partial charge < -0.3 is 5.32 Å². The van der Waals surface area contributed by atoms with Gasteiger partial charge in [-0.1, -0.05) is 29.8 Å². The van der Waals surface area contributed by atoms with E-state index in [1.807, 2.05) is 6.07 Å². The van der Waals surface area contributed by atoms with Gasteiger partial charge in [-0.15, -0.1) is 0 Å². The molecule has 1 N–H and O–H groups in total. The molecule has 0 atom stereocenters. The molecule has 0 saturated carbocycles. The predicted octanol–water partition coefficient (Wildman–Crippen LogP) is 3.55. The van der Waals surface area contributed by atoms with Crippen LogP contribution >= 0.6 is 23.2 Å². The number of anilines is 1. The van der Waals surface area contributed by atoms with E-state index in [-0.39, 0.29) is 0 Å². The zero-order chi connectivity index (χ0) is 8.27. The van der Waals surface area contributed by atoms with Gasteiger partial charge in [0.1, 0.15) is 0 Å². The summed E-state index contributed by atoms with van der Waals surface area (Å²) >= 11 is 11.4. The van der Waals surface area contributed by atoms with E-state index in [1.54, 1.807) is 18.3 Å². The molecule has 1 aromatic carbocycles. The molecular weight excluding hydrogens is 181 g/mol. The smallest absolute Gasteiger partial charge is 0.0612 e. The number of nitrogens with one attached hydrogen (secondary N) is 1. The summed E-state index contributed by atoms with van der Waals surface area (Å²) in [5.41, 5.74) is 0.884. The van der Waals surface area contributed by atoms with Crippen LogP contribution in [0.2, 0.25) is 10.0 Å². The maximum absolute atomic E-state index is 5.74. The van der Waals surface area contributed by atoms with E-state index in [2.05, 4.69) is 11.9 Å². The van der Waals surface area contributed by atoms with Gasteiger partial charge in [0.15, 0.2) is 0 Å². The minimum atomic E-state index is 0.540. The van der Waals surface area contributed by atoms with Crippen LogP contribution in [0.4, 0.5) is 5.69 Å². The first-order valence-corrected chi connectivity index (χ1v) is 3.82. The monoisotopic (exact) mass is 187 g/mol. The zero-order valence-corrected chi connectivity index (χ0v) is 7.28. The summed E-state index contributed by atoms with van der Waals surface area (Å²) in [6.45, 7) is 3.52. The second-order valence-corrected chi connectivity index (χ2v) is 2.79. The average Bonchev–Trinajstić information content (AvgIpc) is 1.98. The van der Waals surface area contributed by atoms with Crippen molar-refractivity contribution < 1.29 is 0 Å².